The molecule has 0 saturated carbocycles. The Labute approximate surface area is 213 Å². The van der Waals surface area contributed by atoms with E-state index in [9.17, 15) is 13.9 Å². The zero-order chi connectivity index (χ0) is 25.8. The number of aromatic nitrogens is 7. The third-order valence-corrected chi connectivity index (χ3v) is 7.03. The number of aliphatic hydroxyl groups is 1. The Bertz CT molecular complexity index is 1290. The van der Waals surface area contributed by atoms with Gasteiger partial charge in [-0.2, -0.15) is 5.10 Å². The molecular formula is C25H29F2N9O. The molecule has 1 fully saturated rings. The van der Waals surface area contributed by atoms with Gasteiger partial charge in [-0.1, -0.05) is 24.3 Å². The number of rotatable bonds is 9. The van der Waals surface area contributed by atoms with Crippen molar-refractivity contribution >= 4 is 5.69 Å². The van der Waals surface area contributed by atoms with Crippen molar-refractivity contribution < 1.29 is 13.9 Å². The van der Waals surface area contributed by atoms with Gasteiger partial charge in [-0.05, 0) is 35.5 Å². The van der Waals surface area contributed by atoms with E-state index in [1.54, 1.807) is 6.92 Å². The van der Waals surface area contributed by atoms with Gasteiger partial charge in [0.15, 0.2) is 5.82 Å². The van der Waals surface area contributed by atoms with E-state index in [0.29, 0.717) is 12.2 Å². The van der Waals surface area contributed by atoms with Crippen LogP contribution in [0.5, 0.6) is 0 Å². The van der Waals surface area contributed by atoms with E-state index in [1.165, 1.54) is 33.8 Å². The van der Waals surface area contributed by atoms with Crippen molar-refractivity contribution in [2.45, 2.75) is 31.5 Å². The summed E-state index contributed by atoms with van der Waals surface area (Å²) in [6.45, 7) is 5.98. The largest absolute Gasteiger partial charge is 0.381 e. The molecule has 0 unspecified atom stereocenters. The molecule has 1 aliphatic heterocycles. The van der Waals surface area contributed by atoms with Gasteiger partial charge in [0.1, 0.15) is 29.9 Å². The highest BCUT2D eigenvalue weighted by atomic mass is 19.1. The molecule has 37 heavy (non-hydrogen) atoms. The van der Waals surface area contributed by atoms with Gasteiger partial charge < -0.3 is 10.0 Å². The molecule has 1 aliphatic rings. The second kappa shape index (κ2) is 10.7. The van der Waals surface area contributed by atoms with Crippen molar-refractivity contribution in [1.29, 1.82) is 0 Å². The quantitative estimate of drug-likeness (QED) is 0.366. The Morgan fingerprint density at radius 1 is 1.05 bits per heavy atom. The minimum absolute atomic E-state index is 0.0737. The molecule has 10 nitrogen and oxygen atoms in total. The average molecular weight is 510 g/mol. The van der Waals surface area contributed by atoms with Crippen molar-refractivity contribution in [2.75, 3.05) is 37.6 Å². The lowest BCUT2D eigenvalue weighted by Gasteiger charge is -2.36. The van der Waals surface area contributed by atoms with Gasteiger partial charge in [0, 0.05) is 56.5 Å². The van der Waals surface area contributed by atoms with Crippen LogP contribution < -0.4 is 4.90 Å². The summed E-state index contributed by atoms with van der Waals surface area (Å²) in [6.07, 6.45) is 3.30. The van der Waals surface area contributed by atoms with Crippen LogP contribution in [0.2, 0.25) is 0 Å². The van der Waals surface area contributed by atoms with Gasteiger partial charge in [-0.15, -0.1) is 5.10 Å². The van der Waals surface area contributed by atoms with E-state index in [-0.39, 0.29) is 12.1 Å². The lowest BCUT2D eigenvalue weighted by atomic mass is 9.86. The van der Waals surface area contributed by atoms with Gasteiger partial charge in [0.25, 0.3) is 0 Å². The number of hydrogen-bond acceptors (Lipinski definition) is 8. The molecule has 2 atom stereocenters. The van der Waals surface area contributed by atoms with Gasteiger partial charge in [-0.25, -0.2) is 23.1 Å². The summed E-state index contributed by atoms with van der Waals surface area (Å²) in [4.78, 5) is 8.63. The Balaban J connectivity index is 1.31. The molecule has 2 aromatic heterocycles. The van der Waals surface area contributed by atoms with Crippen molar-refractivity contribution in [3.63, 3.8) is 0 Å². The summed E-state index contributed by atoms with van der Waals surface area (Å²) in [5, 5.41) is 28.1. The highest BCUT2D eigenvalue weighted by molar-refractivity contribution is 5.46. The topological polar surface area (TPSA) is 101 Å². The van der Waals surface area contributed by atoms with E-state index in [4.69, 9.17) is 0 Å². The molecule has 2 aromatic carbocycles. The predicted molar refractivity (Wildman–Crippen MR) is 132 cm³/mol. The van der Waals surface area contributed by atoms with Gasteiger partial charge in [-0.3, -0.25) is 4.90 Å². The van der Waals surface area contributed by atoms with Crippen molar-refractivity contribution in [3.8, 4) is 0 Å². The minimum Gasteiger partial charge on any atom is -0.381 e. The maximum atomic E-state index is 14.9. The standard InChI is InChI=1S/C25H29F2N9O/c1-19(25(37,16-35-18-28-17-29-35)22-8-7-20(26)15-23(22)27)36-24(30-31-32-36)9-10-33-11-13-34(14-12-33)21-5-3-2-4-6-21/h2-8,15,17-19,37H,9-14,16H2,1H3/t19-,25+/m0/s1. The Kier molecular flexibility index (Phi) is 7.19. The zero-order valence-electron chi connectivity index (χ0n) is 20.5. The number of halogens is 2. The molecule has 0 amide bonds. The van der Waals surface area contributed by atoms with Crippen LogP contribution in [0.4, 0.5) is 14.5 Å². The van der Waals surface area contributed by atoms with E-state index in [2.05, 4.69) is 47.5 Å². The molecular weight excluding hydrogens is 480 g/mol. The monoisotopic (exact) mass is 509 g/mol. The molecule has 1 N–H and O–H groups in total. The number of para-hydroxylation sites is 1. The van der Waals surface area contributed by atoms with E-state index in [1.807, 2.05) is 18.2 Å². The maximum Gasteiger partial charge on any atom is 0.153 e. The van der Waals surface area contributed by atoms with Gasteiger partial charge >= 0.3 is 0 Å². The molecule has 5 rings (SSSR count). The normalized spacial score (nSPS) is 17.0. The summed E-state index contributed by atoms with van der Waals surface area (Å²) in [6, 6.07) is 12.7. The van der Waals surface area contributed by atoms with Crippen molar-refractivity contribution in [1.82, 2.24) is 39.9 Å². The number of benzene rings is 2. The Hall–Kier alpha value is -3.77. The molecule has 0 spiro atoms. The number of hydrogen-bond donors (Lipinski definition) is 1. The fourth-order valence-corrected chi connectivity index (χ4v) is 4.85. The number of tetrazole rings is 1. The number of piperazine rings is 1. The number of anilines is 1. The molecule has 0 bridgehead atoms. The van der Waals surface area contributed by atoms with Crippen LogP contribution in [0, 0.1) is 11.6 Å². The summed E-state index contributed by atoms with van der Waals surface area (Å²) >= 11 is 0. The van der Waals surface area contributed by atoms with Crippen LogP contribution in [0.1, 0.15) is 24.4 Å². The van der Waals surface area contributed by atoms with Crippen molar-refractivity contribution in [3.05, 3.63) is 84.2 Å². The van der Waals surface area contributed by atoms with Crippen LogP contribution in [-0.4, -0.2) is 77.7 Å². The first-order valence-electron chi connectivity index (χ1n) is 12.2. The van der Waals surface area contributed by atoms with Crippen molar-refractivity contribution in [2.24, 2.45) is 0 Å². The molecule has 3 heterocycles. The molecule has 0 aliphatic carbocycles. The first-order valence-corrected chi connectivity index (χ1v) is 12.2. The fourth-order valence-electron chi connectivity index (χ4n) is 4.85. The van der Waals surface area contributed by atoms with E-state index in [0.717, 1.165) is 44.9 Å². The second-order valence-electron chi connectivity index (χ2n) is 9.27. The summed E-state index contributed by atoms with van der Waals surface area (Å²) in [7, 11) is 0. The highest BCUT2D eigenvalue weighted by Gasteiger charge is 2.42. The van der Waals surface area contributed by atoms with Gasteiger partial charge in [0.05, 0.1) is 12.6 Å². The molecule has 0 radical (unpaired) electrons. The van der Waals surface area contributed by atoms with Crippen LogP contribution >= 0.6 is 0 Å². The average Bonchev–Trinajstić information content (AvgIpc) is 3.60. The van der Waals surface area contributed by atoms with Gasteiger partial charge in [0.2, 0.25) is 0 Å². The maximum absolute atomic E-state index is 14.9. The predicted octanol–water partition coefficient (Wildman–Crippen LogP) is 2.06. The first kappa shape index (κ1) is 24.9. The molecule has 1 saturated heterocycles. The summed E-state index contributed by atoms with van der Waals surface area (Å²) in [5.41, 5.74) is -0.688. The Morgan fingerprint density at radius 2 is 1.84 bits per heavy atom. The highest BCUT2D eigenvalue weighted by Crippen LogP contribution is 2.36. The molecule has 194 valence electrons. The lowest BCUT2D eigenvalue weighted by Crippen LogP contribution is -2.47. The Morgan fingerprint density at radius 3 is 2.54 bits per heavy atom. The van der Waals surface area contributed by atoms with E-state index >= 15 is 0 Å². The van der Waals surface area contributed by atoms with Crippen LogP contribution in [0.3, 0.4) is 0 Å². The van der Waals surface area contributed by atoms with E-state index < -0.39 is 23.3 Å². The van der Waals surface area contributed by atoms with Crippen LogP contribution in [0.25, 0.3) is 0 Å². The zero-order valence-corrected chi connectivity index (χ0v) is 20.5. The molecule has 12 heteroatoms. The first-order chi connectivity index (χ1) is 17.9. The fraction of sp³-hybridized carbons (Fsp3) is 0.400. The lowest BCUT2D eigenvalue weighted by molar-refractivity contribution is -0.0384. The number of nitrogens with zero attached hydrogens (tertiary/aromatic N) is 9. The van der Waals surface area contributed by atoms with Crippen LogP contribution in [-0.2, 0) is 18.6 Å². The third-order valence-electron chi connectivity index (χ3n) is 7.03. The van der Waals surface area contributed by atoms with Crippen LogP contribution in [0.15, 0.2) is 61.2 Å². The third kappa shape index (κ3) is 5.35. The molecule has 4 aromatic rings. The minimum atomic E-state index is -1.84. The smallest absolute Gasteiger partial charge is 0.153 e. The second-order valence-corrected chi connectivity index (χ2v) is 9.27. The summed E-state index contributed by atoms with van der Waals surface area (Å²) < 4.78 is 31.5. The SMILES string of the molecule is C[C@H](n1nnnc1CCN1CCN(c2ccccc2)CC1)[C@](O)(Cn1cncn1)c1ccc(F)cc1F. The summed E-state index contributed by atoms with van der Waals surface area (Å²) in [5.74, 6) is -1.02.